The zero-order chi connectivity index (χ0) is 16.4. The lowest BCUT2D eigenvalue weighted by molar-refractivity contribution is 0.0904. The van der Waals surface area contributed by atoms with Crippen molar-refractivity contribution >= 4 is 0 Å². The van der Waals surface area contributed by atoms with Gasteiger partial charge in [0.05, 0.1) is 12.3 Å². The topological polar surface area (TPSA) is 67.8 Å². The molecule has 0 bridgehead atoms. The van der Waals surface area contributed by atoms with Crippen molar-refractivity contribution < 1.29 is 4.74 Å². The number of rotatable bonds is 5. The number of nitrogens with zero attached hydrogens (tertiary/aromatic N) is 4. The van der Waals surface area contributed by atoms with E-state index >= 15 is 0 Å². The van der Waals surface area contributed by atoms with Crippen molar-refractivity contribution in [2.75, 3.05) is 13.2 Å². The highest BCUT2D eigenvalue weighted by Gasteiger charge is 2.30. The van der Waals surface area contributed by atoms with Gasteiger partial charge in [-0.1, -0.05) is 0 Å². The second kappa shape index (κ2) is 6.57. The van der Waals surface area contributed by atoms with Crippen LogP contribution < -0.4 is 5.32 Å². The normalized spacial score (nSPS) is 20.8. The lowest BCUT2D eigenvalue weighted by Crippen LogP contribution is -2.24. The molecule has 1 fully saturated rings. The van der Waals surface area contributed by atoms with Crippen LogP contribution in [0.2, 0.25) is 0 Å². The Labute approximate surface area is 136 Å². The van der Waals surface area contributed by atoms with Gasteiger partial charge < -0.3 is 14.6 Å². The van der Waals surface area contributed by atoms with E-state index in [0.29, 0.717) is 11.6 Å². The van der Waals surface area contributed by atoms with Crippen LogP contribution in [0.4, 0.5) is 0 Å². The summed E-state index contributed by atoms with van der Waals surface area (Å²) in [7, 11) is 3.86. The number of hydrogen-bond donors (Lipinski definition) is 1. The highest BCUT2D eigenvalue weighted by atomic mass is 16.5. The fraction of sp³-hybridized carbons (Fsp3) is 0.529. The van der Waals surface area contributed by atoms with Crippen LogP contribution in [0, 0.1) is 24.2 Å². The van der Waals surface area contributed by atoms with Gasteiger partial charge in [0.15, 0.2) is 0 Å². The van der Waals surface area contributed by atoms with E-state index in [1.54, 1.807) is 0 Å². The lowest BCUT2D eigenvalue weighted by atomic mass is 9.97. The van der Waals surface area contributed by atoms with Crippen LogP contribution in [0.15, 0.2) is 18.5 Å². The summed E-state index contributed by atoms with van der Waals surface area (Å²) < 4.78 is 9.65. The number of hydrogen-bond acceptors (Lipinski definition) is 4. The van der Waals surface area contributed by atoms with E-state index < -0.39 is 0 Å². The van der Waals surface area contributed by atoms with Crippen molar-refractivity contribution in [3.63, 3.8) is 0 Å². The molecule has 1 saturated heterocycles. The minimum absolute atomic E-state index is 0.128. The van der Waals surface area contributed by atoms with E-state index in [4.69, 9.17) is 10.00 Å². The Bertz CT molecular complexity index is 724. The summed E-state index contributed by atoms with van der Waals surface area (Å²) in [5.41, 5.74) is 4.18. The average molecular weight is 313 g/mol. The second-order valence-corrected chi connectivity index (χ2v) is 6.23. The first-order valence-electron chi connectivity index (χ1n) is 7.96. The van der Waals surface area contributed by atoms with Gasteiger partial charge >= 0.3 is 0 Å². The van der Waals surface area contributed by atoms with Crippen molar-refractivity contribution in [2.45, 2.75) is 26.0 Å². The van der Waals surface area contributed by atoms with Crippen LogP contribution in [0.25, 0.3) is 0 Å². The van der Waals surface area contributed by atoms with Crippen molar-refractivity contribution in [3.8, 4) is 6.07 Å². The van der Waals surface area contributed by atoms with Gasteiger partial charge in [-0.05, 0) is 25.0 Å². The summed E-state index contributed by atoms with van der Waals surface area (Å²) in [4.78, 5) is 0. The molecule has 1 aliphatic heterocycles. The first-order valence-corrected chi connectivity index (χ1v) is 7.96. The molecule has 2 aromatic rings. The quantitative estimate of drug-likeness (QED) is 0.914. The Hall–Kier alpha value is -2.10. The van der Waals surface area contributed by atoms with Crippen LogP contribution in [0.5, 0.6) is 0 Å². The third-order valence-corrected chi connectivity index (χ3v) is 4.74. The van der Waals surface area contributed by atoms with E-state index in [1.165, 1.54) is 5.56 Å². The van der Waals surface area contributed by atoms with Gasteiger partial charge in [-0.3, -0.25) is 4.68 Å². The van der Waals surface area contributed by atoms with E-state index in [1.807, 2.05) is 41.8 Å². The van der Waals surface area contributed by atoms with Crippen LogP contribution in [0.1, 0.15) is 35.0 Å². The molecule has 6 nitrogen and oxygen atoms in total. The maximum atomic E-state index is 9.10. The number of aryl methyl sites for hydroxylation is 1. The number of nitrogens with one attached hydrogen (secondary N) is 1. The van der Waals surface area contributed by atoms with Gasteiger partial charge in [-0.25, -0.2) is 0 Å². The summed E-state index contributed by atoms with van der Waals surface area (Å²) in [6.45, 7) is 4.53. The molecule has 3 rings (SSSR count). The molecule has 0 unspecified atom stereocenters. The maximum absolute atomic E-state index is 9.10. The number of ether oxygens (including phenoxy) is 1. The standard InChI is InChI=1S/C17H23N5O/c1-12-14(6-16(7-18)22(12)3)9-19-8-13-4-5-23-17(13)15-10-20-21(2)11-15/h6,10-11,13,17,19H,4-5,8-9H2,1-3H3/t13-,17+/m1/s1. The molecule has 6 heteroatoms. The average Bonchev–Trinajstić information content (AvgIpc) is 3.23. The van der Waals surface area contributed by atoms with Crippen LogP contribution >= 0.6 is 0 Å². The third-order valence-electron chi connectivity index (χ3n) is 4.74. The van der Waals surface area contributed by atoms with Gasteiger partial charge in [0.25, 0.3) is 0 Å². The molecule has 0 aliphatic carbocycles. The van der Waals surface area contributed by atoms with Crippen molar-refractivity contribution in [2.24, 2.45) is 20.0 Å². The van der Waals surface area contributed by atoms with E-state index in [2.05, 4.69) is 23.4 Å². The third kappa shape index (κ3) is 3.16. The maximum Gasteiger partial charge on any atom is 0.120 e. The summed E-state index contributed by atoms with van der Waals surface area (Å²) in [5, 5.41) is 16.9. The molecule has 23 heavy (non-hydrogen) atoms. The SMILES string of the molecule is Cc1c(CNC[C@H]2CCO[C@@H]2c2cnn(C)c2)cc(C#N)n1C. The minimum atomic E-state index is 0.128. The molecular weight excluding hydrogens is 290 g/mol. The van der Waals surface area contributed by atoms with E-state index in [9.17, 15) is 0 Å². The molecule has 122 valence electrons. The van der Waals surface area contributed by atoms with Crippen molar-refractivity contribution in [1.29, 1.82) is 5.26 Å². The zero-order valence-electron chi connectivity index (χ0n) is 13.9. The van der Waals surface area contributed by atoms with Gasteiger partial charge in [-0.15, -0.1) is 0 Å². The molecule has 2 atom stereocenters. The molecule has 0 spiro atoms. The monoisotopic (exact) mass is 313 g/mol. The predicted molar refractivity (Wildman–Crippen MR) is 86.6 cm³/mol. The van der Waals surface area contributed by atoms with Gasteiger partial charge in [-0.2, -0.15) is 10.4 Å². The molecule has 0 radical (unpaired) electrons. The zero-order valence-corrected chi connectivity index (χ0v) is 13.9. The largest absolute Gasteiger partial charge is 0.373 e. The van der Waals surface area contributed by atoms with Crippen molar-refractivity contribution in [1.82, 2.24) is 19.7 Å². The highest BCUT2D eigenvalue weighted by Crippen LogP contribution is 2.33. The van der Waals surface area contributed by atoms with Crippen LogP contribution in [-0.2, 0) is 25.4 Å². The molecule has 1 aliphatic rings. The fourth-order valence-corrected chi connectivity index (χ4v) is 3.24. The highest BCUT2D eigenvalue weighted by molar-refractivity contribution is 5.34. The Balaban J connectivity index is 1.59. The van der Waals surface area contributed by atoms with Crippen molar-refractivity contribution in [3.05, 3.63) is 41.0 Å². The molecule has 3 heterocycles. The summed E-state index contributed by atoms with van der Waals surface area (Å²) in [5.74, 6) is 0.457. The Morgan fingerprint density at radius 2 is 2.30 bits per heavy atom. The molecule has 2 aromatic heterocycles. The molecule has 1 N–H and O–H groups in total. The minimum Gasteiger partial charge on any atom is -0.373 e. The fourth-order valence-electron chi connectivity index (χ4n) is 3.24. The predicted octanol–water partition coefficient (Wildman–Crippen LogP) is 1.81. The first-order chi connectivity index (χ1) is 11.1. The second-order valence-electron chi connectivity index (χ2n) is 6.23. The Kier molecular flexibility index (Phi) is 4.51. The molecule has 0 amide bonds. The number of nitriles is 1. The summed E-state index contributed by atoms with van der Waals surface area (Å²) >= 11 is 0. The molecular formula is C17H23N5O. The van der Waals surface area contributed by atoms with E-state index in [-0.39, 0.29) is 6.10 Å². The Morgan fingerprint density at radius 1 is 1.48 bits per heavy atom. The summed E-state index contributed by atoms with van der Waals surface area (Å²) in [6, 6.07) is 4.19. The van der Waals surface area contributed by atoms with Crippen LogP contribution in [-0.4, -0.2) is 27.5 Å². The molecule has 0 aromatic carbocycles. The molecule has 0 saturated carbocycles. The van der Waals surface area contributed by atoms with Gasteiger partial charge in [0.2, 0.25) is 0 Å². The van der Waals surface area contributed by atoms with Crippen LogP contribution in [0.3, 0.4) is 0 Å². The smallest absolute Gasteiger partial charge is 0.120 e. The van der Waals surface area contributed by atoms with Gasteiger partial charge in [0.1, 0.15) is 11.8 Å². The lowest BCUT2D eigenvalue weighted by Gasteiger charge is -2.17. The first kappa shape index (κ1) is 15.8. The van der Waals surface area contributed by atoms with Gasteiger partial charge in [0, 0.05) is 57.2 Å². The summed E-state index contributed by atoms with van der Waals surface area (Å²) in [6.07, 6.45) is 5.11. The van der Waals surface area contributed by atoms with E-state index in [0.717, 1.165) is 37.4 Å². The Morgan fingerprint density at radius 3 is 2.96 bits per heavy atom. The number of aromatic nitrogens is 3.